The summed E-state index contributed by atoms with van der Waals surface area (Å²) in [5, 5.41) is 2.81. The molecular formula is C23H30N2O5S. The largest absolute Gasteiger partial charge is 0.495 e. The minimum atomic E-state index is -3.93. The van der Waals surface area contributed by atoms with E-state index in [-0.39, 0.29) is 16.6 Å². The Balaban J connectivity index is 1.71. The van der Waals surface area contributed by atoms with Gasteiger partial charge in [-0.2, -0.15) is 0 Å². The Morgan fingerprint density at radius 3 is 2.39 bits per heavy atom. The molecule has 8 heteroatoms. The molecule has 0 aliphatic heterocycles. The molecule has 7 nitrogen and oxygen atoms in total. The van der Waals surface area contributed by atoms with E-state index in [1.165, 1.54) is 38.9 Å². The van der Waals surface area contributed by atoms with Crippen LogP contribution in [0.25, 0.3) is 0 Å². The van der Waals surface area contributed by atoms with E-state index in [0.717, 1.165) is 6.42 Å². The minimum Gasteiger partial charge on any atom is -0.495 e. The number of carbonyl (C=O) groups is 1. The van der Waals surface area contributed by atoms with Crippen LogP contribution in [-0.4, -0.2) is 28.0 Å². The van der Waals surface area contributed by atoms with Gasteiger partial charge < -0.3 is 14.8 Å². The van der Waals surface area contributed by atoms with Crippen molar-refractivity contribution in [2.75, 3.05) is 23.8 Å². The van der Waals surface area contributed by atoms with Crippen molar-refractivity contribution in [3.8, 4) is 11.5 Å². The molecule has 0 atom stereocenters. The molecule has 3 rings (SSSR count). The first-order valence-electron chi connectivity index (χ1n) is 10.6. The Bertz CT molecular complexity index is 984. The first-order valence-corrected chi connectivity index (χ1v) is 12.1. The molecule has 2 N–H and O–H groups in total. The van der Waals surface area contributed by atoms with Crippen molar-refractivity contribution in [2.45, 2.75) is 50.3 Å². The summed E-state index contributed by atoms with van der Waals surface area (Å²) in [4.78, 5) is 12.3. The highest BCUT2D eigenvalue weighted by atomic mass is 32.2. The average molecular weight is 447 g/mol. The van der Waals surface area contributed by atoms with Gasteiger partial charge in [0.1, 0.15) is 16.4 Å². The van der Waals surface area contributed by atoms with Crippen molar-refractivity contribution < 1.29 is 22.7 Å². The highest BCUT2D eigenvalue weighted by molar-refractivity contribution is 7.92. The maximum Gasteiger partial charge on any atom is 0.265 e. The molecule has 0 heterocycles. The number of rotatable bonds is 10. The summed E-state index contributed by atoms with van der Waals surface area (Å²) in [6.45, 7) is 2.41. The van der Waals surface area contributed by atoms with Crippen LogP contribution >= 0.6 is 0 Å². The summed E-state index contributed by atoms with van der Waals surface area (Å²) in [6.07, 6.45) is 6.17. The quantitative estimate of drug-likeness (QED) is 0.547. The number of hydrogen-bond acceptors (Lipinski definition) is 5. The Kier molecular flexibility index (Phi) is 7.79. The van der Waals surface area contributed by atoms with E-state index in [2.05, 4.69) is 10.0 Å². The molecule has 0 bridgehead atoms. The molecule has 1 saturated carbocycles. The van der Waals surface area contributed by atoms with E-state index in [4.69, 9.17) is 9.47 Å². The van der Waals surface area contributed by atoms with Crippen LogP contribution in [-0.2, 0) is 14.8 Å². The summed E-state index contributed by atoms with van der Waals surface area (Å²) >= 11 is 0. The fourth-order valence-corrected chi connectivity index (χ4v) is 5.07. The number of hydrogen-bond donors (Lipinski definition) is 2. The second kappa shape index (κ2) is 10.5. The molecule has 0 saturated heterocycles. The molecule has 31 heavy (non-hydrogen) atoms. The fraction of sp³-hybridized carbons (Fsp3) is 0.435. The summed E-state index contributed by atoms with van der Waals surface area (Å²) < 4.78 is 39.2. The summed E-state index contributed by atoms with van der Waals surface area (Å²) in [5.41, 5.74) is 0.820. The van der Waals surface area contributed by atoms with Crippen molar-refractivity contribution in [1.29, 1.82) is 0 Å². The molecule has 0 aromatic heterocycles. The fourth-order valence-electron chi connectivity index (χ4n) is 3.82. The third kappa shape index (κ3) is 6.37. The van der Waals surface area contributed by atoms with Crippen molar-refractivity contribution in [3.05, 3.63) is 42.5 Å². The van der Waals surface area contributed by atoms with Gasteiger partial charge in [0.2, 0.25) is 5.91 Å². The SMILES string of the molecule is CCOc1ccc(NS(=O)(=O)c2cc(NC(=O)CCC3CCCC3)ccc2OC)cc1. The number of ether oxygens (including phenoxy) is 2. The van der Waals surface area contributed by atoms with E-state index < -0.39 is 10.0 Å². The third-order valence-electron chi connectivity index (χ3n) is 5.41. The standard InChI is InChI=1S/C23H30N2O5S/c1-3-30-20-12-9-18(10-13-20)25-31(27,28)22-16-19(11-14-21(22)29-2)24-23(26)15-8-17-6-4-5-7-17/h9-14,16-17,25H,3-8,15H2,1-2H3,(H,24,26). The molecule has 1 aliphatic rings. The van der Waals surface area contributed by atoms with Crippen molar-refractivity contribution in [1.82, 2.24) is 0 Å². The number of methoxy groups -OCH3 is 1. The first kappa shape index (κ1) is 22.9. The van der Waals surface area contributed by atoms with Crippen LogP contribution in [0.15, 0.2) is 47.4 Å². The third-order valence-corrected chi connectivity index (χ3v) is 6.81. The lowest BCUT2D eigenvalue weighted by Crippen LogP contribution is -2.16. The summed E-state index contributed by atoms with van der Waals surface area (Å²) in [5.74, 6) is 1.36. The van der Waals surface area contributed by atoms with E-state index in [0.29, 0.717) is 36.1 Å². The van der Waals surface area contributed by atoms with Gasteiger partial charge in [0.15, 0.2) is 0 Å². The zero-order chi connectivity index (χ0) is 22.3. The topological polar surface area (TPSA) is 93.7 Å². The lowest BCUT2D eigenvalue weighted by molar-refractivity contribution is -0.116. The predicted molar refractivity (Wildman–Crippen MR) is 121 cm³/mol. The first-order chi connectivity index (χ1) is 14.9. The van der Waals surface area contributed by atoms with Gasteiger partial charge in [0.25, 0.3) is 10.0 Å². The molecule has 0 unspecified atom stereocenters. The van der Waals surface area contributed by atoms with E-state index in [1.807, 2.05) is 6.92 Å². The second-order valence-electron chi connectivity index (χ2n) is 7.67. The van der Waals surface area contributed by atoms with Gasteiger partial charge in [0, 0.05) is 17.8 Å². The number of amides is 1. The van der Waals surface area contributed by atoms with Crippen molar-refractivity contribution >= 4 is 27.3 Å². The Hall–Kier alpha value is -2.74. The van der Waals surface area contributed by atoms with Gasteiger partial charge in [-0.05, 0) is 61.7 Å². The Morgan fingerprint density at radius 2 is 1.74 bits per heavy atom. The predicted octanol–water partition coefficient (Wildman–Crippen LogP) is 4.80. The average Bonchev–Trinajstić information content (AvgIpc) is 3.27. The van der Waals surface area contributed by atoms with E-state index in [1.54, 1.807) is 36.4 Å². The lowest BCUT2D eigenvalue weighted by Gasteiger charge is -2.14. The summed E-state index contributed by atoms with van der Waals surface area (Å²) in [7, 11) is -2.52. The molecular weight excluding hydrogens is 416 g/mol. The van der Waals surface area contributed by atoms with Crippen LogP contribution in [0.2, 0.25) is 0 Å². The number of nitrogens with one attached hydrogen (secondary N) is 2. The van der Waals surface area contributed by atoms with Crippen LogP contribution in [0.1, 0.15) is 45.4 Å². The van der Waals surface area contributed by atoms with Gasteiger partial charge in [-0.1, -0.05) is 25.7 Å². The Labute approximate surface area is 184 Å². The van der Waals surface area contributed by atoms with Crippen LogP contribution in [0, 0.1) is 5.92 Å². The van der Waals surface area contributed by atoms with Gasteiger partial charge >= 0.3 is 0 Å². The van der Waals surface area contributed by atoms with Crippen molar-refractivity contribution in [2.24, 2.45) is 5.92 Å². The highest BCUT2D eigenvalue weighted by Crippen LogP contribution is 2.31. The van der Waals surface area contributed by atoms with Gasteiger partial charge in [-0.15, -0.1) is 0 Å². The second-order valence-corrected chi connectivity index (χ2v) is 9.32. The molecule has 1 amide bonds. The molecule has 0 spiro atoms. The van der Waals surface area contributed by atoms with Crippen LogP contribution in [0.5, 0.6) is 11.5 Å². The zero-order valence-electron chi connectivity index (χ0n) is 18.0. The van der Waals surface area contributed by atoms with Gasteiger partial charge in [-0.25, -0.2) is 8.42 Å². The van der Waals surface area contributed by atoms with Gasteiger partial charge in [-0.3, -0.25) is 9.52 Å². The summed E-state index contributed by atoms with van der Waals surface area (Å²) in [6, 6.07) is 11.2. The zero-order valence-corrected chi connectivity index (χ0v) is 18.8. The minimum absolute atomic E-state index is 0.0440. The molecule has 2 aromatic carbocycles. The normalized spacial score (nSPS) is 14.3. The maximum absolute atomic E-state index is 13.0. The van der Waals surface area contributed by atoms with Crippen molar-refractivity contribution in [3.63, 3.8) is 0 Å². The van der Waals surface area contributed by atoms with Gasteiger partial charge in [0.05, 0.1) is 13.7 Å². The smallest absolute Gasteiger partial charge is 0.265 e. The number of sulfonamides is 1. The Morgan fingerprint density at radius 1 is 1.06 bits per heavy atom. The highest BCUT2D eigenvalue weighted by Gasteiger charge is 2.21. The number of anilines is 2. The molecule has 1 aliphatic carbocycles. The lowest BCUT2D eigenvalue weighted by atomic mass is 10.0. The van der Waals surface area contributed by atoms with Crippen LogP contribution < -0.4 is 19.5 Å². The molecule has 2 aromatic rings. The number of benzene rings is 2. The maximum atomic E-state index is 13.0. The van der Waals surface area contributed by atoms with E-state index in [9.17, 15) is 13.2 Å². The van der Waals surface area contributed by atoms with Crippen LogP contribution in [0.3, 0.4) is 0 Å². The van der Waals surface area contributed by atoms with E-state index >= 15 is 0 Å². The molecule has 1 fully saturated rings. The number of carbonyl (C=O) groups excluding carboxylic acids is 1. The monoisotopic (exact) mass is 446 g/mol. The van der Waals surface area contributed by atoms with Crippen LogP contribution in [0.4, 0.5) is 11.4 Å². The molecule has 168 valence electrons. The molecule has 0 radical (unpaired) electrons.